The van der Waals surface area contributed by atoms with Gasteiger partial charge in [-0.3, -0.25) is 4.79 Å². The number of hydrogen-bond acceptors (Lipinski definition) is 2. The molecule has 0 heterocycles. The number of benzene rings is 2. The predicted octanol–water partition coefficient (Wildman–Crippen LogP) is 5.46. The number of ether oxygens (including phenoxy) is 1. The summed E-state index contributed by atoms with van der Waals surface area (Å²) in [4.78, 5) is 10.7. The molecule has 3 heteroatoms. The van der Waals surface area contributed by atoms with E-state index in [-0.39, 0.29) is 0 Å². The summed E-state index contributed by atoms with van der Waals surface area (Å²) in [5, 5.41) is 0.438. The highest BCUT2D eigenvalue weighted by Crippen LogP contribution is 2.35. The zero-order valence-electron chi connectivity index (χ0n) is 11.6. The van der Waals surface area contributed by atoms with Gasteiger partial charge in [0.05, 0.1) is 5.02 Å². The Bertz CT molecular complexity index is 608. The van der Waals surface area contributed by atoms with Gasteiger partial charge in [0.1, 0.15) is 17.8 Å². The lowest BCUT2D eigenvalue weighted by Gasteiger charge is -2.16. The molecule has 0 saturated carbocycles. The van der Waals surface area contributed by atoms with Crippen LogP contribution in [-0.4, -0.2) is 6.29 Å². The van der Waals surface area contributed by atoms with Crippen molar-refractivity contribution in [3.63, 3.8) is 0 Å². The molecule has 2 nitrogen and oxygen atoms in total. The third kappa shape index (κ3) is 3.20. The summed E-state index contributed by atoms with van der Waals surface area (Å²) in [5.41, 5.74) is 1.70. The first-order valence-corrected chi connectivity index (χ1v) is 7.05. The maximum atomic E-state index is 10.7. The van der Waals surface area contributed by atoms with Gasteiger partial charge in [0.2, 0.25) is 0 Å². The molecule has 0 aromatic heterocycles. The number of rotatable bonds is 5. The van der Waals surface area contributed by atoms with Crippen LogP contribution in [0.15, 0.2) is 42.5 Å². The summed E-state index contributed by atoms with van der Waals surface area (Å²) in [6.45, 7) is 4.31. The van der Waals surface area contributed by atoms with Gasteiger partial charge in [0, 0.05) is 5.56 Å². The van der Waals surface area contributed by atoms with E-state index in [1.807, 2.05) is 18.2 Å². The molecular formula is C17H17ClO2. The number of halogens is 1. The highest BCUT2D eigenvalue weighted by atomic mass is 35.5. The smallest absolute Gasteiger partial charge is 0.150 e. The Morgan fingerprint density at radius 2 is 1.95 bits per heavy atom. The van der Waals surface area contributed by atoms with Gasteiger partial charge in [-0.25, -0.2) is 0 Å². The van der Waals surface area contributed by atoms with Crippen LogP contribution in [0.3, 0.4) is 0 Å². The molecule has 0 amide bonds. The lowest BCUT2D eigenvalue weighted by atomic mass is 9.98. The van der Waals surface area contributed by atoms with E-state index in [0.717, 1.165) is 24.0 Å². The Hall–Kier alpha value is -1.80. The maximum absolute atomic E-state index is 10.7. The van der Waals surface area contributed by atoms with Gasteiger partial charge in [0.15, 0.2) is 0 Å². The number of carbonyl (C=O) groups excluding carboxylic acids is 1. The summed E-state index contributed by atoms with van der Waals surface area (Å²) >= 11 is 6.14. The zero-order chi connectivity index (χ0) is 14.5. The second kappa shape index (κ2) is 6.58. The van der Waals surface area contributed by atoms with Crippen molar-refractivity contribution in [1.82, 2.24) is 0 Å². The number of hydrogen-bond donors (Lipinski definition) is 0. The van der Waals surface area contributed by atoms with Crippen LogP contribution in [-0.2, 0) is 0 Å². The van der Waals surface area contributed by atoms with Crippen LogP contribution in [0.5, 0.6) is 11.5 Å². The van der Waals surface area contributed by atoms with E-state index in [1.165, 1.54) is 0 Å². The van der Waals surface area contributed by atoms with Gasteiger partial charge in [-0.1, -0.05) is 43.6 Å². The quantitative estimate of drug-likeness (QED) is 0.683. The molecule has 0 aliphatic carbocycles. The minimum Gasteiger partial charge on any atom is -0.456 e. The van der Waals surface area contributed by atoms with Crippen molar-refractivity contribution < 1.29 is 9.53 Å². The molecule has 2 aromatic carbocycles. The van der Waals surface area contributed by atoms with Crippen LogP contribution in [0, 0.1) is 0 Å². The summed E-state index contributed by atoms with van der Waals surface area (Å²) in [6.07, 6.45) is 1.81. The van der Waals surface area contributed by atoms with Gasteiger partial charge in [-0.15, -0.1) is 0 Å². The minimum absolute atomic E-state index is 0.416. The van der Waals surface area contributed by atoms with Crippen molar-refractivity contribution in [2.45, 2.75) is 26.2 Å². The molecular weight excluding hydrogens is 272 g/mol. The van der Waals surface area contributed by atoms with Crippen LogP contribution in [0.2, 0.25) is 5.02 Å². The molecule has 0 aliphatic heterocycles. The van der Waals surface area contributed by atoms with E-state index >= 15 is 0 Å². The maximum Gasteiger partial charge on any atom is 0.150 e. The van der Waals surface area contributed by atoms with Crippen LogP contribution in [0.4, 0.5) is 0 Å². The van der Waals surface area contributed by atoms with Crippen molar-refractivity contribution in [2.24, 2.45) is 0 Å². The first-order chi connectivity index (χ1) is 9.65. The Balaban J connectivity index is 2.33. The van der Waals surface area contributed by atoms with E-state index < -0.39 is 0 Å². The first-order valence-electron chi connectivity index (χ1n) is 6.67. The molecule has 1 unspecified atom stereocenters. The summed E-state index contributed by atoms with van der Waals surface area (Å²) in [5.74, 6) is 1.79. The average Bonchev–Trinajstić information content (AvgIpc) is 2.49. The SMILES string of the molecule is CCC(C)c1ccccc1Oc1ccc(C=O)cc1Cl. The van der Waals surface area contributed by atoms with Crippen molar-refractivity contribution >= 4 is 17.9 Å². The van der Waals surface area contributed by atoms with Crippen LogP contribution in [0.1, 0.15) is 42.1 Å². The lowest BCUT2D eigenvalue weighted by molar-refractivity contribution is 0.112. The molecule has 0 saturated heterocycles. The molecule has 0 spiro atoms. The molecule has 20 heavy (non-hydrogen) atoms. The lowest BCUT2D eigenvalue weighted by Crippen LogP contribution is -1.96. The molecule has 2 rings (SSSR count). The molecule has 0 N–H and O–H groups in total. The van der Waals surface area contributed by atoms with Crippen molar-refractivity contribution in [2.75, 3.05) is 0 Å². The topological polar surface area (TPSA) is 26.3 Å². The second-order valence-electron chi connectivity index (χ2n) is 4.76. The number of para-hydroxylation sites is 1. The van der Waals surface area contributed by atoms with Crippen LogP contribution < -0.4 is 4.74 Å². The third-order valence-electron chi connectivity index (χ3n) is 3.37. The monoisotopic (exact) mass is 288 g/mol. The number of aldehydes is 1. The standard InChI is InChI=1S/C17H17ClO2/c1-3-12(2)14-6-4-5-7-16(14)20-17-9-8-13(11-19)10-15(17)18/h4-12H,3H2,1-2H3. The zero-order valence-corrected chi connectivity index (χ0v) is 12.4. The predicted molar refractivity (Wildman–Crippen MR) is 82.1 cm³/mol. The summed E-state index contributed by atoms with van der Waals surface area (Å²) in [7, 11) is 0. The molecule has 1 atom stereocenters. The number of carbonyl (C=O) groups is 1. The van der Waals surface area contributed by atoms with Gasteiger partial charge >= 0.3 is 0 Å². The van der Waals surface area contributed by atoms with Crippen molar-refractivity contribution in [1.29, 1.82) is 0 Å². The highest BCUT2D eigenvalue weighted by molar-refractivity contribution is 6.32. The fraction of sp³-hybridized carbons (Fsp3) is 0.235. The fourth-order valence-electron chi connectivity index (χ4n) is 1.99. The van der Waals surface area contributed by atoms with Crippen LogP contribution in [0.25, 0.3) is 0 Å². The Morgan fingerprint density at radius 3 is 2.60 bits per heavy atom. The largest absolute Gasteiger partial charge is 0.456 e. The summed E-state index contributed by atoms with van der Waals surface area (Å²) in [6, 6.07) is 13.0. The molecule has 0 radical (unpaired) electrons. The van der Waals surface area contributed by atoms with Gasteiger partial charge in [-0.2, -0.15) is 0 Å². The normalized spacial score (nSPS) is 11.9. The Kier molecular flexibility index (Phi) is 4.80. The molecule has 104 valence electrons. The van der Waals surface area contributed by atoms with Crippen LogP contribution >= 0.6 is 11.6 Å². The minimum atomic E-state index is 0.416. The third-order valence-corrected chi connectivity index (χ3v) is 3.67. The first kappa shape index (κ1) is 14.6. The molecule has 0 aliphatic rings. The van der Waals surface area contributed by atoms with Crippen molar-refractivity contribution in [3.05, 3.63) is 58.6 Å². The van der Waals surface area contributed by atoms with Gasteiger partial charge in [-0.05, 0) is 42.2 Å². The summed E-state index contributed by atoms with van der Waals surface area (Å²) < 4.78 is 5.91. The fourth-order valence-corrected chi connectivity index (χ4v) is 2.22. The molecule has 0 bridgehead atoms. The van der Waals surface area contributed by atoms with Gasteiger partial charge < -0.3 is 4.74 Å². The van der Waals surface area contributed by atoms with Crippen molar-refractivity contribution in [3.8, 4) is 11.5 Å². The molecule has 2 aromatic rings. The van der Waals surface area contributed by atoms with E-state index in [1.54, 1.807) is 18.2 Å². The second-order valence-corrected chi connectivity index (χ2v) is 5.16. The Morgan fingerprint density at radius 1 is 1.20 bits per heavy atom. The van der Waals surface area contributed by atoms with E-state index in [0.29, 0.717) is 22.3 Å². The van der Waals surface area contributed by atoms with E-state index in [2.05, 4.69) is 19.9 Å². The highest BCUT2D eigenvalue weighted by Gasteiger charge is 2.12. The van der Waals surface area contributed by atoms with E-state index in [4.69, 9.17) is 16.3 Å². The van der Waals surface area contributed by atoms with Gasteiger partial charge in [0.25, 0.3) is 0 Å². The molecule has 0 fully saturated rings. The average molecular weight is 289 g/mol. The van der Waals surface area contributed by atoms with E-state index in [9.17, 15) is 4.79 Å². The Labute approximate surface area is 124 Å².